The zero-order valence-electron chi connectivity index (χ0n) is 13.5. The number of methoxy groups -OCH3 is 2. The number of amides is 1. The molecule has 0 heterocycles. The number of nitrogens with zero attached hydrogens (tertiary/aromatic N) is 1. The van der Waals surface area contributed by atoms with Gasteiger partial charge >= 0.3 is 0 Å². The first-order valence-corrected chi connectivity index (χ1v) is 7.11. The molecule has 0 aliphatic rings. The van der Waals surface area contributed by atoms with E-state index in [0.29, 0.717) is 24.0 Å². The molecule has 0 atom stereocenters. The van der Waals surface area contributed by atoms with Crippen molar-refractivity contribution >= 4 is 17.6 Å². The number of benzene rings is 1. The molecule has 0 saturated heterocycles. The molecule has 1 rings (SSSR count). The van der Waals surface area contributed by atoms with Gasteiger partial charge in [-0.3, -0.25) is 9.79 Å². The lowest BCUT2D eigenvalue weighted by atomic mass is 10.3. The third-order valence-corrected chi connectivity index (χ3v) is 2.86. The van der Waals surface area contributed by atoms with Gasteiger partial charge in [-0.2, -0.15) is 0 Å². The molecule has 22 heavy (non-hydrogen) atoms. The summed E-state index contributed by atoms with van der Waals surface area (Å²) in [4.78, 5) is 15.6. The number of carbonyl (C=O) groups is 1. The Morgan fingerprint density at radius 3 is 2.50 bits per heavy atom. The van der Waals surface area contributed by atoms with Gasteiger partial charge in [-0.15, -0.1) is 0 Å². The van der Waals surface area contributed by atoms with Crippen molar-refractivity contribution in [3.8, 4) is 11.5 Å². The molecule has 0 bridgehead atoms. The minimum atomic E-state index is -0.0721. The van der Waals surface area contributed by atoms with Crippen LogP contribution in [0.4, 0.5) is 5.69 Å². The summed E-state index contributed by atoms with van der Waals surface area (Å²) in [6.45, 7) is 2.83. The fraction of sp³-hybridized carbons (Fsp3) is 0.467. The van der Waals surface area contributed by atoms with Gasteiger partial charge in [-0.1, -0.05) is 6.92 Å². The minimum absolute atomic E-state index is 0.0721. The van der Waals surface area contributed by atoms with Crippen LogP contribution in [-0.4, -0.2) is 46.2 Å². The first kappa shape index (κ1) is 17.6. The second-order valence-electron chi connectivity index (χ2n) is 4.47. The molecule has 1 aromatic rings. The van der Waals surface area contributed by atoms with E-state index in [1.165, 1.54) is 0 Å². The number of ether oxygens (including phenoxy) is 2. The molecule has 0 radical (unpaired) electrons. The van der Waals surface area contributed by atoms with E-state index in [1.54, 1.807) is 33.4 Å². The molecule has 3 N–H and O–H groups in total. The van der Waals surface area contributed by atoms with Crippen LogP contribution in [-0.2, 0) is 4.79 Å². The molecule has 7 nitrogen and oxygen atoms in total. The van der Waals surface area contributed by atoms with Crippen molar-refractivity contribution < 1.29 is 14.3 Å². The normalized spacial score (nSPS) is 10.8. The summed E-state index contributed by atoms with van der Waals surface area (Å²) in [5.41, 5.74) is 0.778. The van der Waals surface area contributed by atoms with Crippen LogP contribution in [0.1, 0.15) is 13.3 Å². The van der Waals surface area contributed by atoms with Crippen LogP contribution in [0, 0.1) is 0 Å². The molecular weight excluding hydrogens is 284 g/mol. The van der Waals surface area contributed by atoms with Gasteiger partial charge in [0.25, 0.3) is 0 Å². The van der Waals surface area contributed by atoms with Crippen LogP contribution >= 0.6 is 0 Å². The van der Waals surface area contributed by atoms with Crippen LogP contribution in [0.15, 0.2) is 23.2 Å². The van der Waals surface area contributed by atoms with Gasteiger partial charge in [0.1, 0.15) is 0 Å². The monoisotopic (exact) mass is 308 g/mol. The molecular formula is C15H24N4O3. The maximum atomic E-state index is 11.6. The summed E-state index contributed by atoms with van der Waals surface area (Å²) in [6, 6.07) is 5.43. The molecule has 1 amide bonds. The Balaban J connectivity index is 2.61. The van der Waals surface area contributed by atoms with Gasteiger partial charge < -0.3 is 25.4 Å². The minimum Gasteiger partial charge on any atom is -0.493 e. The SMILES string of the molecule is CCCNC(=O)CNC(=NC)Nc1ccc(OC)c(OC)c1. The van der Waals surface area contributed by atoms with E-state index in [1.807, 2.05) is 13.0 Å². The van der Waals surface area contributed by atoms with Crippen molar-refractivity contribution in [1.82, 2.24) is 10.6 Å². The van der Waals surface area contributed by atoms with E-state index in [0.717, 1.165) is 12.1 Å². The summed E-state index contributed by atoms with van der Waals surface area (Å²) in [5.74, 6) is 1.69. The number of hydrogen-bond acceptors (Lipinski definition) is 4. The van der Waals surface area contributed by atoms with Crippen molar-refractivity contribution in [2.75, 3.05) is 39.7 Å². The molecule has 0 spiro atoms. The Hall–Kier alpha value is -2.44. The van der Waals surface area contributed by atoms with Crippen LogP contribution in [0.2, 0.25) is 0 Å². The van der Waals surface area contributed by atoms with Gasteiger partial charge in [0.15, 0.2) is 17.5 Å². The Morgan fingerprint density at radius 2 is 1.91 bits per heavy atom. The number of hydrogen-bond donors (Lipinski definition) is 3. The van der Waals surface area contributed by atoms with Crippen LogP contribution in [0.3, 0.4) is 0 Å². The Labute approximate surface area is 131 Å². The number of aliphatic imine (C=N–C) groups is 1. The highest BCUT2D eigenvalue weighted by Crippen LogP contribution is 2.29. The van der Waals surface area contributed by atoms with Gasteiger partial charge in [-0.25, -0.2) is 0 Å². The number of guanidine groups is 1. The topological polar surface area (TPSA) is 84.0 Å². The van der Waals surface area contributed by atoms with Crippen molar-refractivity contribution in [3.05, 3.63) is 18.2 Å². The zero-order valence-corrected chi connectivity index (χ0v) is 13.5. The Morgan fingerprint density at radius 1 is 1.18 bits per heavy atom. The molecule has 0 unspecified atom stereocenters. The van der Waals surface area contributed by atoms with Crippen LogP contribution in [0.5, 0.6) is 11.5 Å². The van der Waals surface area contributed by atoms with E-state index in [-0.39, 0.29) is 12.5 Å². The number of anilines is 1. The highest BCUT2D eigenvalue weighted by Gasteiger charge is 2.07. The third-order valence-electron chi connectivity index (χ3n) is 2.86. The molecule has 0 aliphatic carbocycles. The van der Waals surface area contributed by atoms with Gasteiger partial charge in [0.2, 0.25) is 5.91 Å². The van der Waals surface area contributed by atoms with E-state index < -0.39 is 0 Å². The molecule has 0 saturated carbocycles. The van der Waals surface area contributed by atoms with E-state index in [9.17, 15) is 4.79 Å². The van der Waals surface area contributed by atoms with Crippen LogP contribution in [0.25, 0.3) is 0 Å². The number of carbonyl (C=O) groups excluding carboxylic acids is 1. The molecule has 0 fully saturated rings. The van der Waals surface area contributed by atoms with Crippen LogP contribution < -0.4 is 25.4 Å². The third kappa shape index (κ3) is 5.51. The first-order valence-electron chi connectivity index (χ1n) is 7.11. The largest absolute Gasteiger partial charge is 0.493 e. The molecule has 7 heteroatoms. The maximum absolute atomic E-state index is 11.6. The standard InChI is InChI=1S/C15H24N4O3/c1-5-8-17-14(20)10-18-15(16-2)19-11-6-7-12(21-3)13(9-11)22-4/h6-7,9H,5,8,10H2,1-4H3,(H,17,20)(H2,16,18,19). The highest BCUT2D eigenvalue weighted by molar-refractivity contribution is 5.96. The molecule has 0 aromatic heterocycles. The average Bonchev–Trinajstić information content (AvgIpc) is 2.56. The summed E-state index contributed by atoms with van der Waals surface area (Å²) in [5, 5.41) is 8.83. The predicted octanol–water partition coefficient (Wildman–Crippen LogP) is 1.22. The van der Waals surface area contributed by atoms with Crippen molar-refractivity contribution in [2.24, 2.45) is 4.99 Å². The number of rotatable bonds is 7. The van der Waals surface area contributed by atoms with Crippen molar-refractivity contribution in [1.29, 1.82) is 0 Å². The quantitative estimate of drug-likeness (QED) is 0.521. The lowest BCUT2D eigenvalue weighted by Crippen LogP contribution is -2.40. The maximum Gasteiger partial charge on any atom is 0.239 e. The summed E-state index contributed by atoms with van der Waals surface area (Å²) >= 11 is 0. The lowest BCUT2D eigenvalue weighted by molar-refractivity contribution is -0.119. The van der Waals surface area contributed by atoms with Gasteiger partial charge in [-0.05, 0) is 18.6 Å². The summed E-state index contributed by atoms with van der Waals surface area (Å²) in [6.07, 6.45) is 0.907. The fourth-order valence-corrected chi connectivity index (χ4v) is 1.72. The van der Waals surface area contributed by atoms with Gasteiger partial charge in [0, 0.05) is 25.3 Å². The smallest absolute Gasteiger partial charge is 0.239 e. The second-order valence-corrected chi connectivity index (χ2v) is 4.47. The second kappa shape index (κ2) is 9.49. The summed E-state index contributed by atoms with van der Waals surface area (Å²) < 4.78 is 10.4. The van der Waals surface area contributed by atoms with E-state index >= 15 is 0 Å². The zero-order chi connectivity index (χ0) is 16.4. The Bertz CT molecular complexity index is 518. The molecule has 1 aromatic carbocycles. The average molecular weight is 308 g/mol. The molecule has 0 aliphatic heterocycles. The lowest BCUT2D eigenvalue weighted by Gasteiger charge is -2.14. The number of nitrogens with one attached hydrogen (secondary N) is 3. The predicted molar refractivity (Wildman–Crippen MR) is 87.8 cm³/mol. The summed E-state index contributed by atoms with van der Waals surface area (Å²) in [7, 11) is 4.80. The first-order chi connectivity index (χ1) is 10.6. The van der Waals surface area contributed by atoms with Crippen molar-refractivity contribution in [2.45, 2.75) is 13.3 Å². The Kier molecular flexibility index (Phi) is 7.60. The van der Waals surface area contributed by atoms with E-state index in [2.05, 4.69) is 20.9 Å². The van der Waals surface area contributed by atoms with Crippen molar-refractivity contribution in [3.63, 3.8) is 0 Å². The fourth-order valence-electron chi connectivity index (χ4n) is 1.72. The van der Waals surface area contributed by atoms with Gasteiger partial charge in [0.05, 0.1) is 20.8 Å². The molecule has 122 valence electrons. The van der Waals surface area contributed by atoms with E-state index in [4.69, 9.17) is 9.47 Å². The highest BCUT2D eigenvalue weighted by atomic mass is 16.5.